The Morgan fingerprint density at radius 1 is 1.07 bits per heavy atom. The minimum absolute atomic E-state index is 0. The number of rotatable bonds is 5. The quantitative estimate of drug-likeness (QED) is 0.282. The maximum absolute atomic E-state index is 10.1. The van der Waals surface area contributed by atoms with Gasteiger partial charge < -0.3 is 30.6 Å². The zero-order valence-corrected chi connectivity index (χ0v) is 10.3. The SMILES string of the molecule is O=C(O)C(O)C(O)C(O)C(O)CO.[Zn]. The van der Waals surface area contributed by atoms with Gasteiger partial charge in [0.05, 0.1) is 6.61 Å². The fourth-order valence-electron chi connectivity index (χ4n) is 0.668. The molecule has 0 radical (unpaired) electrons. The summed E-state index contributed by atoms with van der Waals surface area (Å²) in [6, 6.07) is 0. The van der Waals surface area contributed by atoms with Gasteiger partial charge in [-0.1, -0.05) is 0 Å². The molecule has 0 aromatic carbocycles. The van der Waals surface area contributed by atoms with Crippen LogP contribution >= 0.6 is 0 Å². The summed E-state index contributed by atoms with van der Waals surface area (Å²) in [5.41, 5.74) is 0. The van der Waals surface area contributed by atoms with Crippen molar-refractivity contribution in [1.29, 1.82) is 0 Å². The first kappa shape index (κ1) is 16.3. The molecule has 0 bridgehead atoms. The summed E-state index contributed by atoms with van der Waals surface area (Å²) in [7, 11) is 0. The second-order valence-electron chi connectivity index (χ2n) is 2.51. The normalized spacial score (nSPS) is 18.9. The van der Waals surface area contributed by atoms with Gasteiger partial charge in [-0.15, -0.1) is 0 Å². The van der Waals surface area contributed by atoms with Crippen LogP contribution in [0.5, 0.6) is 0 Å². The smallest absolute Gasteiger partial charge is 0.335 e. The Bertz CT molecular complexity index is 176. The third-order valence-electron chi connectivity index (χ3n) is 1.51. The first-order chi connectivity index (χ1) is 5.91. The molecule has 8 heteroatoms. The molecule has 0 aliphatic heterocycles. The van der Waals surface area contributed by atoms with Crippen molar-refractivity contribution in [3.8, 4) is 0 Å². The van der Waals surface area contributed by atoms with Crippen LogP contribution in [0.1, 0.15) is 0 Å². The van der Waals surface area contributed by atoms with Crippen LogP contribution in [-0.4, -0.2) is 67.6 Å². The molecule has 80 valence electrons. The molecule has 0 aromatic heterocycles. The minimum atomic E-state index is -2.20. The number of aliphatic carboxylic acids is 1. The number of aliphatic hydroxyl groups excluding tert-OH is 5. The molecular formula is C6H12O7Zn. The van der Waals surface area contributed by atoms with E-state index in [4.69, 9.17) is 30.6 Å². The van der Waals surface area contributed by atoms with Gasteiger partial charge in [0.15, 0.2) is 6.10 Å². The van der Waals surface area contributed by atoms with Gasteiger partial charge in [-0.25, -0.2) is 4.79 Å². The summed E-state index contributed by atoms with van der Waals surface area (Å²) in [6.07, 6.45) is -7.84. The van der Waals surface area contributed by atoms with Gasteiger partial charge in [-0.3, -0.25) is 0 Å². The van der Waals surface area contributed by atoms with Crippen LogP contribution in [-0.2, 0) is 24.3 Å². The molecule has 0 rings (SSSR count). The Hall–Kier alpha value is -0.107. The summed E-state index contributed by atoms with van der Waals surface area (Å²) >= 11 is 0. The van der Waals surface area contributed by atoms with Gasteiger partial charge in [-0.2, -0.15) is 0 Å². The van der Waals surface area contributed by atoms with Crippen LogP contribution in [0, 0.1) is 0 Å². The fourth-order valence-corrected chi connectivity index (χ4v) is 0.668. The second kappa shape index (κ2) is 7.22. The Morgan fingerprint density at radius 3 is 1.79 bits per heavy atom. The third kappa shape index (κ3) is 4.41. The summed E-state index contributed by atoms with van der Waals surface area (Å²) in [6.45, 7) is -0.843. The summed E-state index contributed by atoms with van der Waals surface area (Å²) < 4.78 is 0. The average molecular weight is 262 g/mol. The van der Waals surface area contributed by atoms with Crippen LogP contribution in [0.4, 0.5) is 0 Å². The minimum Gasteiger partial charge on any atom is -0.479 e. The van der Waals surface area contributed by atoms with Gasteiger partial charge in [0, 0.05) is 19.5 Å². The largest absolute Gasteiger partial charge is 0.479 e. The van der Waals surface area contributed by atoms with Crippen LogP contribution in [0.2, 0.25) is 0 Å². The van der Waals surface area contributed by atoms with E-state index in [1.165, 1.54) is 0 Å². The maximum atomic E-state index is 10.1. The molecule has 14 heavy (non-hydrogen) atoms. The summed E-state index contributed by atoms with van der Waals surface area (Å²) in [5, 5.41) is 51.8. The first-order valence-corrected chi connectivity index (χ1v) is 3.47. The number of carbonyl (C=O) groups is 1. The van der Waals surface area contributed by atoms with Crippen LogP contribution < -0.4 is 0 Å². The molecule has 0 saturated heterocycles. The van der Waals surface area contributed by atoms with E-state index in [9.17, 15) is 4.79 Å². The molecule has 0 aliphatic rings. The molecule has 0 fully saturated rings. The molecule has 0 spiro atoms. The molecule has 0 heterocycles. The summed E-state index contributed by atoms with van der Waals surface area (Å²) in [5.74, 6) is -1.73. The van der Waals surface area contributed by atoms with Crippen molar-refractivity contribution in [3.05, 3.63) is 0 Å². The van der Waals surface area contributed by atoms with Crippen LogP contribution in [0.15, 0.2) is 0 Å². The third-order valence-corrected chi connectivity index (χ3v) is 1.51. The van der Waals surface area contributed by atoms with E-state index < -0.39 is 37.0 Å². The van der Waals surface area contributed by atoms with Crippen LogP contribution in [0.3, 0.4) is 0 Å². The van der Waals surface area contributed by atoms with Crippen molar-refractivity contribution in [3.63, 3.8) is 0 Å². The molecule has 4 unspecified atom stereocenters. The van der Waals surface area contributed by atoms with E-state index in [2.05, 4.69) is 0 Å². The topological polar surface area (TPSA) is 138 Å². The first-order valence-electron chi connectivity index (χ1n) is 3.47. The summed E-state index contributed by atoms with van der Waals surface area (Å²) in [4.78, 5) is 10.1. The average Bonchev–Trinajstić information content (AvgIpc) is 2.12. The predicted octanol–water partition coefficient (Wildman–Crippen LogP) is -3.50. The van der Waals surface area contributed by atoms with Crippen LogP contribution in [0.25, 0.3) is 0 Å². The Kier molecular flexibility index (Phi) is 8.42. The fraction of sp³-hybridized carbons (Fsp3) is 0.833. The van der Waals surface area contributed by atoms with Crippen molar-refractivity contribution in [2.75, 3.05) is 6.61 Å². The molecule has 7 nitrogen and oxygen atoms in total. The molecule has 0 aromatic rings. The van der Waals surface area contributed by atoms with Crippen molar-refractivity contribution in [2.24, 2.45) is 0 Å². The van der Waals surface area contributed by atoms with Crippen molar-refractivity contribution in [1.82, 2.24) is 0 Å². The van der Waals surface area contributed by atoms with Gasteiger partial charge in [0.25, 0.3) is 0 Å². The Labute approximate surface area is 92.4 Å². The van der Waals surface area contributed by atoms with E-state index in [1.807, 2.05) is 0 Å². The number of hydrogen-bond acceptors (Lipinski definition) is 6. The van der Waals surface area contributed by atoms with E-state index >= 15 is 0 Å². The second-order valence-corrected chi connectivity index (χ2v) is 2.51. The van der Waals surface area contributed by atoms with E-state index in [-0.39, 0.29) is 19.5 Å². The van der Waals surface area contributed by atoms with Gasteiger partial charge in [0.2, 0.25) is 0 Å². The zero-order valence-electron chi connectivity index (χ0n) is 7.32. The molecule has 6 N–H and O–H groups in total. The van der Waals surface area contributed by atoms with Crippen molar-refractivity contribution >= 4 is 5.97 Å². The zero-order chi connectivity index (χ0) is 10.6. The molecular weight excluding hydrogens is 249 g/mol. The van der Waals surface area contributed by atoms with Gasteiger partial charge in [0.1, 0.15) is 18.3 Å². The Morgan fingerprint density at radius 2 is 1.50 bits per heavy atom. The van der Waals surface area contributed by atoms with E-state index in [1.54, 1.807) is 0 Å². The number of hydrogen-bond donors (Lipinski definition) is 6. The monoisotopic (exact) mass is 260 g/mol. The number of carboxylic acid groups (broad SMARTS) is 1. The van der Waals surface area contributed by atoms with E-state index in [0.717, 1.165) is 0 Å². The number of carboxylic acids is 1. The van der Waals surface area contributed by atoms with Gasteiger partial charge in [-0.05, 0) is 0 Å². The van der Waals surface area contributed by atoms with E-state index in [0.29, 0.717) is 0 Å². The van der Waals surface area contributed by atoms with Gasteiger partial charge >= 0.3 is 5.97 Å². The predicted molar refractivity (Wildman–Crippen MR) is 38.7 cm³/mol. The molecule has 0 aliphatic carbocycles. The Balaban J connectivity index is 0. The molecule has 0 amide bonds. The standard InChI is InChI=1S/C6H12O7.Zn/c7-1-2(8)3(9)4(10)5(11)6(12)13;/h2-5,7-11H,1H2,(H,12,13);. The van der Waals surface area contributed by atoms with Crippen molar-refractivity contribution in [2.45, 2.75) is 24.4 Å². The molecule has 0 saturated carbocycles. The van der Waals surface area contributed by atoms with Crippen molar-refractivity contribution < 1.29 is 54.9 Å². The number of aliphatic hydroxyl groups is 5. The maximum Gasteiger partial charge on any atom is 0.335 e. The molecule has 4 atom stereocenters.